The van der Waals surface area contributed by atoms with Crippen LogP contribution in [-0.4, -0.2) is 59.8 Å². The third-order valence-corrected chi connectivity index (χ3v) is 12.1. The quantitative estimate of drug-likeness (QED) is 0.112. The van der Waals surface area contributed by atoms with Crippen LogP contribution in [0.4, 0.5) is 36.6 Å². The van der Waals surface area contributed by atoms with Crippen LogP contribution >= 0.6 is 11.6 Å². The van der Waals surface area contributed by atoms with Crippen LogP contribution in [0.1, 0.15) is 58.7 Å². The molecule has 14 nitrogen and oxygen atoms in total. The number of nitrogens with one attached hydrogen (secondary N) is 2. The molecule has 7 aromatic rings. The van der Waals surface area contributed by atoms with Crippen molar-refractivity contribution in [2.24, 2.45) is 13.0 Å². The second kappa shape index (κ2) is 15.4. The maximum atomic E-state index is 15.5. The fraction of sp³-hybridized carbons (Fsp3) is 0.268. The summed E-state index contributed by atoms with van der Waals surface area (Å²) >= 11 is 6.61. The molecule has 0 bridgehead atoms. The molecule has 2 aliphatic rings. The lowest BCUT2D eigenvalue weighted by molar-refractivity contribution is -0.123. The van der Waals surface area contributed by atoms with Crippen molar-refractivity contribution >= 4 is 55.3 Å². The van der Waals surface area contributed by atoms with Gasteiger partial charge in [0.2, 0.25) is 15.9 Å². The number of aromatic nitrogens is 7. The minimum Gasteiger partial charge on any atom is -0.392 e. The standard InChI is InChI=1S/C41H31ClF7N9O5S/c1-56-34-29(8-5-25(42)32(34)38(54-56)55-64(2,62)63)58-39(52-37-22(40(58)61)4-7-27(51-37)18-3-6-26(45)19(12-18)16-59)28(11-17-9-20(43)13-21(44)10-17)50-30(60)15-57-35-31(33(53-57)36(46)47)23-14-24(23)41(35,48)49/h3-10,12-13,23-24,28,36,59H,11,14-16H2,1-2H3,(H,50,60)(H,54,55)/t23-,24+,28-/m0/s1. The van der Waals surface area contributed by atoms with E-state index in [4.69, 9.17) is 16.6 Å². The zero-order valence-electron chi connectivity index (χ0n) is 33.1. The van der Waals surface area contributed by atoms with E-state index in [1.165, 1.54) is 48.1 Å². The summed E-state index contributed by atoms with van der Waals surface area (Å²) in [6.07, 6.45) is -2.94. The lowest BCUT2D eigenvalue weighted by Crippen LogP contribution is -2.38. The summed E-state index contributed by atoms with van der Waals surface area (Å²) in [5.74, 6) is -10.2. The Labute approximate surface area is 361 Å². The Balaban J connectivity index is 1.26. The van der Waals surface area contributed by atoms with Crippen molar-refractivity contribution in [2.75, 3.05) is 11.0 Å². The first-order valence-corrected chi connectivity index (χ1v) is 21.5. The maximum absolute atomic E-state index is 15.5. The Bertz CT molecular complexity index is 3270. The number of aliphatic hydroxyl groups is 1. The number of carbonyl (C=O) groups excluding carboxylic acids is 1. The van der Waals surface area contributed by atoms with E-state index in [9.17, 15) is 45.1 Å². The average molecular weight is 930 g/mol. The number of anilines is 1. The van der Waals surface area contributed by atoms with Crippen LogP contribution in [0.5, 0.6) is 0 Å². The Morgan fingerprint density at radius 2 is 1.75 bits per heavy atom. The van der Waals surface area contributed by atoms with Crippen LogP contribution < -0.4 is 15.6 Å². The number of benzene rings is 3. The van der Waals surface area contributed by atoms with Gasteiger partial charge in [-0.1, -0.05) is 11.6 Å². The number of halogens is 8. The fourth-order valence-electron chi connectivity index (χ4n) is 8.48. The number of carbonyl (C=O) groups is 1. The third-order valence-electron chi connectivity index (χ3n) is 11.2. The number of pyridine rings is 1. The van der Waals surface area contributed by atoms with Crippen molar-refractivity contribution in [1.82, 2.24) is 39.4 Å². The number of fused-ring (bicyclic) bond motifs is 5. The molecule has 3 atom stereocenters. The van der Waals surface area contributed by atoms with Crippen LogP contribution in [0.3, 0.4) is 0 Å². The van der Waals surface area contributed by atoms with E-state index in [-0.39, 0.29) is 73.1 Å². The van der Waals surface area contributed by atoms with Gasteiger partial charge < -0.3 is 10.4 Å². The summed E-state index contributed by atoms with van der Waals surface area (Å²) in [7, 11) is -2.54. The van der Waals surface area contributed by atoms with Gasteiger partial charge in [-0.05, 0) is 72.5 Å². The SMILES string of the molecule is Cn1nc(NS(C)(=O)=O)c2c(Cl)ccc(-n3c([C@H](Cc4cc(F)cc(F)c4)NC(=O)Cn4nc(C(F)F)c5c4C(F)(F)[C@@H]4C[C@H]54)nc4nc(-c5ccc(F)c(CO)c5)ccc4c3=O)c21. The van der Waals surface area contributed by atoms with E-state index >= 15 is 8.78 Å². The lowest BCUT2D eigenvalue weighted by atomic mass is 10.0. The van der Waals surface area contributed by atoms with Gasteiger partial charge in [0.15, 0.2) is 11.5 Å². The van der Waals surface area contributed by atoms with E-state index in [0.29, 0.717) is 16.3 Å². The summed E-state index contributed by atoms with van der Waals surface area (Å²) in [6, 6.07) is 10.1. The van der Waals surface area contributed by atoms with Gasteiger partial charge >= 0.3 is 0 Å². The Morgan fingerprint density at radius 1 is 1.02 bits per heavy atom. The van der Waals surface area contributed by atoms with Crippen molar-refractivity contribution in [3.05, 3.63) is 127 Å². The summed E-state index contributed by atoms with van der Waals surface area (Å²) < 4.78 is 133. The number of hydrogen-bond donors (Lipinski definition) is 3. The van der Waals surface area contributed by atoms with Crippen LogP contribution in [0.25, 0.3) is 38.9 Å². The highest BCUT2D eigenvalue weighted by Crippen LogP contribution is 2.68. The van der Waals surface area contributed by atoms with Crippen molar-refractivity contribution in [3.8, 4) is 16.9 Å². The Kier molecular flexibility index (Phi) is 10.3. The third kappa shape index (κ3) is 7.41. The number of hydrogen-bond acceptors (Lipinski definition) is 9. The van der Waals surface area contributed by atoms with Crippen molar-refractivity contribution in [1.29, 1.82) is 0 Å². The van der Waals surface area contributed by atoms with E-state index in [0.717, 1.165) is 29.0 Å². The monoisotopic (exact) mass is 929 g/mol. The van der Waals surface area contributed by atoms with Crippen LogP contribution in [0.2, 0.25) is 5.02 Å². The summed E-state index contributed by atoms with van der Waals surface area (Å²) in [5.41, 5.74) is -2.92. The molecule has 23 heteroatoms. The summed E-state index contributed by atoms with van der Waals surface area (Å²) in [6.45, 7) is -1.69. The molecule has 64 heavy (non-hydrogen) atoms. The first kappa shape index (κ1) is 42.9. The molecule has 9 rings (SSSR count). The molecule has 4 heterocycles. The number of sulfonamides is 1. The fourth-order valence-corrected chi connectivity index (χ4v) is 9.21. The van der Waals surface area contributed by atoms with Gasteiger partial charge in [0, 0.05) is 42.1 Å². The molecule has 2 aliphatic carbocycles. The van der Waals surface area contributed by atoms with Crippen molar-refractivity contribution in [3.63, 3.8) is 0 Å². The molecule has 0 aliphatic heterocycles. The minimum atomic E-state index is -3.95. The number of nitrogens with zero attached hydrogens (tertiary/aromatic N) is 7. The highest BCUT2D eigenvalue weighted by atomic mass is 35.5. The molecular weight excluding hydrogens is 899 g/mol. The van der Waals surface area contributed by atoms with Crippen LogP contribution in [0, 0.1) is 23.4 Å². The van der Waals surface area contributed by atoms with Gasteiger partial charge in [-0.3, -0.25) is 28.2 Å². The molecular formula is C41H31ClF7N9O5S. The van der Waals surface area contributed by atoms with Crippen LogP contribution in [0.15, 0.2) is 65.5 Å². The zero-order valence-corrected chi connectivity index (χ0v) is 34.6. The first-order chi connectivity index (χ1) is 30.2. The summed E-state index contributed by atoms with van der Waals surface area (Å²) in [5, 5.41) is 20.2. The predicted octanol–water partition coefficient (Wildman–Crippen LogP) is 6.71. The van der Waals surface area contributed by atoms with Gasteiger partial charge in [0.05, 0.1) is 51.6 Å². The number of amides is 1. The first-order valence-electron chi connectivity index (χ1n) is 19.2. The molecule has 0 spiro atoms. The Morgan fingerprint density at radius 3 is 2.44 bits per heavy atom. The van der Waals surface area contributed by atoms with E-state index < -0.39 is 100 Å². The molecule has 332 valence electrons. The highest BCUT2D eigenvalue weighted by molar-refractivity contribution is 7.92. The van der Waals surface area contributed by atoms with E-state index in [2.05, 4.69) is 25.2 Å². The van der Waals surface area contributed by atoms with E-state index in [1.807, 2.05) is 0 Å². The van der Waals surface area contributed by atoms with Gasteiger partial charge in [0.25, 0.3) is 17.9 Å². The maximum Gasteiger partial charge on any atom is 0.293 e. The number of rotatable bonds is 12. The number of aliphatic hydroxyl groups excluding tert-OH is 1. The van der Waals surface area contributed by atoms with Gasteiger partial charge in [0.1, 0.15) is 41.2 Å². The predicted molar refractivity (Wildman–Crippen MR) is 217 cm³/mol. The van der Waals surface area contributed by atoms with Crippen molar-refractivity contribution < 1.29 is 49.1 Å². The molecule has 1 saturated carbocycles. The second-order valence-electron chi connectivity index (χ2n) is 15.6. The average Bonchev–Trinajstić information content (AvgIpc) is 3.76. The molecule has 1 amide bonds. The lowest BCUT2D eigenvalue weighted by Gasteiger charge is -2.24. The van der Waals surface area contributed by atoms with Crippen LogP contribution in [-0.2, 0) is 47.4 Å². The zero-order chi connectivity index (χ0) is 45.7. The topological polar surface area (TPSA) is 179 Å². The Hall–Kier alpha value is -6.39. The molecule has 3 N–H and O–H groups in total. The molecule has 0 radical (unpaired) electrons. The van der Waals surface area contributed by atoms with Gasteiger partial charge in [-0.2, -0.15) is 19.0 Å². The molecule has 3 aromatic carbocycles. The van der Waals surface area contributed by atoms with Gasteiger partial charge in [-0.15, -0.1) is 0 Å². The van der Waals surface area contributed by atoms with Gasteiger partial charge in [-0.25, -0.2) is 40.3 Å². The summed E-state index contributed by atoms with van der Waals surface area (Å²) in [4.78, 5) is 38.4. The van der Waals surface area contributed by atoms with E-state index in [1.54, 1.807) is 0 Å². The number of aryl methyl sites for hydroxylation is 1. The molecule has 4 aromatic heterocycles. The molecule has 0 unspecified atom stereocenters. The molecule has 0 saturated heterocycles. The largest absolute Gasteiger partial charge is 0.392 e. The highest BCUT2D eigenvalue weighted by Gasteiger charge is 2.67. The second-order valence-corrected chi connectivity index (χ2v) is 17.7. The molecule has 1 fully saturated rings. The minimum absolute atomic E-state index is 0.0151. The number of alkyl halides is 4. The normalized spacial score (nSPS) is 16.9. The van der Waals surface area contributed by atoms with Crippen molar-refractivity contribution in [2.45, 2.75) is 50.3 Å². The smallest absolute Gasteiger partial charge is 0.293 e.